The Morgan fingerprint density at radius 2 is 2.11 bits per heavy atom. The Hall–Kier alpha value is -1.06. The number of hydrogen-bond donors (Lipinski definition) is 2. The molecule has 0 fully saturated rings. The minimum absolute atomic E-state index is 0.137. The summed E-state index contributed by atoms with van der Waals surface area (Å²) < 4.78 is 0. The van der Waals surface area contributed by atoms with Crippen molar-refractivity contribution < 1.29 is 5.11 Å². The van der Waals surface area contributed by atoms with E-state index in [0.717, 1.165) is 19.5 Å². The van der Waals surface area contributed by atoms with E-state index in [1.807, 2.05) is 0 Å². The number of fused-ring (bicyclic) bond motifs is 1. The van der Waals surface area contributed by atoms with Gasteiger partial charge in [-0.25, -0.2) is 0 Å². The number of aliphatic hydroxyl groups is 1. The normalized spacial score (nSPS) is 20.5. The Labute approximate surface area is 116 Å². The van der Waals surface area contributed by atoms with Crippen LogP contribution in [0.25, 0.3) is 0 Å². The zero-order valence-electron chi connectivity index (χ0n) is 12.3. The van der Waals surface area contributed by atoms with Gasteiger partial charge in [0.1, 0.15) is 0 Å². The SMILES string of the molecule is CC1Cc2ccccc2N(CC(CO)NC(C)C)C1. The summed E-state index contributed by atoms with van der Waals surface area (Å²) in [6.07, 6.45) is 1.16. The number of benzene rings is 1. The molecule has 0 spiro atoms. The maximum absolute atomic E-state index is 9.53. The first kappa shape index (κ1) is 14.4. The van der Waals surface area contributed by atoms with Crippen molar-refractivity contribution >= 4 is 5.69 Å². The van der Waals surface area contributed by atoms with Crippen molar-refractivity contribution in [3.63, 3.8) is 0 Å². The molecule has 0 aliphatic carbocycles. The van der Waals surface area contributed by atoms with Gasteiger partial charge >= 0.3 is 0 Å². The molecule has 1 aliphatic rings. The highest BCUT2D eigenvalue weighted by Crippen LogP contribution is 2.29. The van der Waals surface area contributed by atoms with E-state index in [2.05, 4.69) is 55.3 Å². The molecule has 0 saturated heterocycles. The molecule has 2 unspecified atom stereocenters. The van der Waals surface area contributed by atoms with Crippen LogP contribution in [-0.4, -0.2) is 36.9 Å². The molecule has 19 heavy (non-hydrogen) atoms. The average Bonchev–Trinajstić information content (AvgIpc) is 2.37. The summed E-state index contributed by atoms with van der Waals surface area (Å²) in [5.74, 6) is 0.674. The van der Waals surface area contributed by atoms with E-state index < -0.39 is 0 Å². The molecule has 1 heterocycles. The fourth-order valence-electron chi connectivity index (χ4n) is 2.98. The number of nitrogens with one attached hydrogen (secondary N) is 1. The van der Waals surface area contributed by atoms with Crippen LogP contribution in [0, 0.1) is 5.92 Å². The van der Waals surface area contributed by atoms with Crippen LogP contribution in [0.15, 0.2) is 24.3 Å². The third-order valence-corrected chi connectivity index (χ3v) is 3.66. The Morgan fingerprint density at radius 1 is 1.37 bits per heavy atom. The molecular formula is C16H26N2O. The second-order valence-corrected chi connectivity index (χ2v) is 6.04. The molecule has 0 aromatic heterocycles. The third-order valence-electron chi connectivity index (χ3n) is 3.66. The first-order chi connectivity index (χ1) is 9.10. The van der Waals surface area contributed by atoms with Gasteiger partial charge in [-0.15, -0.1) is 0 Å². The molecule has 1 aromatic rings. The second-order valence-electron chi connectivity index (χ2n) is 6.04. The first-order valence-corrected chi connectivity index (χ1v) is 7.30. The lowest BCUT2D eigenvalue weighted by Gasteiger charge is -2.37. The molecular weight excluding hydrogens is 236 g/mol. The Bertz CT molecular complexity index is 405. The standard InChI is InChI=1S/C16H26N2O/c1-12(2)17-15(11-19)10-18-9-13(3)8-14-6-4-5-7-16(14)18/h4-7,12-13,15,17,19H,8-11H2,1-3H3. The van der Waals surface area contributed by atoms with Gasteiger partial charge in [0.05, 0.1) is 6.61 Å². The number of aliphatic hydroxyl groups excluding tert-OH is 1. The smallest absolute Gasteiger partial charge is 0.0602 e. The summed E-state index contributed by atoms with van der Waals surface area (Å²) in [6, 6.07) is 9.18. The van der Waals surface area contributed by atoms with Crippen molar-refractivity contribution in [3.8, 4) is 0 Å². The lowest BCUT2D eigenvalue weighted by molar-refractivity contribution is 0.235. The summed E-state index contributed by atoms with van der Waals surface area (Å²) in [6.45, 7) is 8.67. The van der Waals surface area contributed by atoms with Crippen LogP contribution < -0.4 is 10.2 Å². The van der Waals surface area contributed by atoms with E-state index in [4.69, 9.17) is 0 Å². The summed E-state index contributed by atoms with van der Waals surface area (Å²) in [4.78, 5) is 2.42. The molecule has 1 aliphatic heterocycles. The van der Waals surface area contributed by atoms with Crippen LogP contribution in [0.4, 0.5) is 5.69 Å². The molecule has 0 amide bonds. The van der Waals surface area contributed by atoms with Crippen LogP contribution in [0.2, 0.25) is 0 Å². The highest BCUT2D eigenvalue weighted by atomic mass is 16.3. The molecule has 2 N–H and O–H groups in total. The molecule has 0 radical (unpaired) electrons. The number of para-hydroxylation sites is 1. The monoisotopic (exact) mass is 262 g/mol. The Balaban J connectivity index is 2.11. The zero-order chi connectivity index (χ0) is 13.8. The number of rotatable bonds is 5. The van der Waals surface area contributed by atoms with Crippen molar-refractivity contribution in [2.75, 3.05) is 24.6 Å². The number of nitrogens with zero attached hydrogens (tertiary/aromatic N) is 1. The number of hydrogen-bond acceptors (Lipinski definition) is 3. The van der Waals surface area contributed by atoms with Crippen molar-refractivity contribution in [3.05, 3.63) is 29.8 Å². The minimum atomic E-state index is 0.137. The molecule has 2 rings (SSSR count). The van der Waals surface area contributed by atoms with Crippen molar-refractivity contribution in [1.82, 2.24) is 5.32 Å². The fourth-order valence-corrected chi connectivity index (χ4v) is 2.98. The molecule has 3 nitrogen and oxygen atoms in total. The predicted octanol–water partition coefficient (Wildman–Crippen LogP) is 2.04. The molecule has 106 valence electrons. The quantitative estimate of drug-likeness (QED) is 0.852. The van der Waals surface area contributed by atoms with Gasteiger partial charge in [0.15, 0.2) is 0 Å². The highest BCUT2D eigenvalue weighted by Gasteiger charge is 2.23. The van der Waals surface area contributed by atoms with Crippen molar-refractivity contribution in [2.24, 2.45) is 5.92 Å². The highest BCUT2D eigenvalue weighted by molar-refractivity contribution is 5.55. The lowest BCUT2D eigenvalue weighted by atomic mass is 9.93. The molecule has 1 aromatic carbocycles. The van der Waals surface area contributed by atoms with Crippen molar-refractivity contribution in [2.45, 2.75) is 39.3 Å². The van der Waals surface area contributed by atoms with Crippen LogP contribution in [0.1, 0.15) is 26.3 Å². The van der Waals surface area contributed by atoms with Gasteiger partial charge in [-0.1, -0.05) is 39.0 Å². The zero-order valence-corrected chi connectivity index (χ0v) is 12.3. The van der Waals surface area contributed by atoms with Crippen LogP contribution >= 0.6 is 0 Å². The van der Waals surface area contributed by atoms with E-state index in [-0.39, 0.29) is 12.6 Å². The molecule has 3 heteroatoms. The van der Waals surface area contributed by atoms with E-state index in [1.54, 1.807) is 0 Å². The van der Waals surface area contributed by atoms with Crippen LogP contribution in [-0.2, 0) is 6.42 Å². The van der Waals surface area contributed by atoms with E-state index >= 15 is 0 Å². The second kappa shape index (κ2) is 6.40. The topological polar surface area (TPSA) is 35.5 Å². The summed E-state index contributed by atoms with van der Waals surface area (Å²) in [5, 5.41) is 13.0. The van der Waals surface area contributed by atoms with Gasteiger partial charge < -0.3 is 15.3 Å². The maximum atomic E-state index is 9.53. The lowest BCUT2D eigenvalue weighted by Crippen LogP contribution is -2.48. The van der Waals surface area contributed by atoms with Crippen LogP contribution in [0.3, 0.4) is 0 Å². The first-order valence-electron chi connectivity index (χ1n) is 7.30. The average molecular weight is 262 g/mol. The Kier molecular flexibility index (Phi) is 4.83. The summed E-state index contributed by atoms with van der Waals surface area (Å²) >= 11 is 0. The third kappa shape index (κ3) is 3.71. The summed E-state index contributed by atoms with van der Waals surface area (Å²) in [7, 11) is 0. The van der Waals surface area contributed by atoms with Gasteiger partial charge in [0, 0.05) is 30.9 Å². The largest absolute Gasteiger partial charge is 0.395 e. The minimum Gasteiger partial charge on any atom is -0.395 e. The van der Waals surface area contributed by atoms with Crippen LogP contribution in [0.5, 0.6) is 0 Å². The molecule has 2 atom stereocenters. The number of anilines is 1. The van der Waals surface area contributed by atoms with E-state index in [9.17, 15) is 5.11 Å². The molecule has 0 bridgehead atoms. The molecule has 0 saturated carbocycles. The van der Waals surface area contributed by atoms with Gasteiger partial charge in [-0.2, -0.15) is 0 Å². The van der Waals surface area contributed by atoms with Gasteiger partial charge in [-0.3, -0.25) is 0 Å². The van der Waals surface area contributed by atoms with Gasteiger partial charge in [-0.05, 0) is 24.0 Å². The maximum Gasteiger partial charge on any atom is 0.0602 e. The van der Waals surface area contributed by atoms with Crippen molar-refractivity contribution in [1.29, 1.82) is 0 Å². The van der Waals surface area contributed by atoms with E-state index in [1.165, 1.54) is 11.3 Å². The fraction of sp³-hybridized carbons (Fsp3) is 0.625. The van der Waals surface area contributed by atoms with Gasteiger partial charge in [0.25, 0.3) is 0 Å². The predicted molar refractivity (Wildman–Crippen MR) is 80.7 cm³/mol. The Morgan fingerprint density at radius 3 is 2.79 bits per heavy atom. The van der Waals surface area contributed by atoms with Gasteiger partial charge in [0.2, 0.25) is 0 Å². The van der Waals surface area contributed by atoms with E-state index in [0.29, 0.717) is 12.0 Å². The summed E-state index contributed by atoms with van der Waals surface area (Å²) in [5.41, 5.74) is 2.77.